The third-order valence-corrected chi connectivity index (χ3v) is 2.74. The van der Waals surface area contributed by atoms with Gasteiger partial charge < -0.3 is 9.47 Å². The zero-order chi connectivity index (χ0) is 12.0. The molecule has 1 saturated carbocycles. The van der Waals surface area contributed by atoms with E-state index >= 15 is 0 Å². The van der Waals surface area contributed by atoms with E-state index in [1.54, 1.807) is 0 Å². The van der Waals surface area contributed by atoms with Gasteiger partial charge in [-0.1, -0.05) is 13.3 Å². The molecule has 1 aliphatic carbocycles. The number of carbonyl (C=O) groups is 1. The van der Waals surface area contributed by atoms with Crippen molar-refractivity contribution >= 4 is 5.97 Å². The van der Waals surface area contributed by atoms with Gasteiger partial charge in [-0.3, -0.25) is 10.1 Å². The lowest BCUT2D eigenvalue weighted by Gasteiger charge is -2.19. The first-order chi connectivity index (χ1) is 7.67. The normalized spacial score (nSPS) is 19.2. The molecule has 0 radical (unpaired) electrons. The number of esters is 1. The molecule has 0 amide bonds. The van der Waals surface area contributed by atoms with E-state index in [1.807, 2.05) is 6.92 Å². The SMILES string of the molecule is CCCC(C)OCC(NC1CC1)C(=O)OC. The molecule has 4 nitrogen and oxygen atoms in total. The summed E-state index contributed by atoms with van der Waals surface area (Å²) in [5, 5.41) is 3.24. The van der Waals surface area contributed by atoms with E-state index < -0.39 is 0 Å². The molecule has 4 heteroatoms. The van der Waals surface area contributed by atoms with Gasteiger partial charge >= 0.3 is 5.97 Å². The zero-order valence-corrected chi connectivity index (χ0v) is 10.5. The predicted molar refractivity (Wildman–Crippen MR) is 62.3 cm³/mol. The average Bonchev–Trinajstić information content (AvgIpc) is 3.07. The van der Waals surface area contributed by atoms with Gasteiger partial charge in [0.1, 0.15) is 6.04 Å². The minimum absolute atomic E-state index is 0.207. The van der Waals surface area contributed by atoms with E-state index in [0.717, 1.165) is 25.7 Å². The Labute approximate surface area is 97.7 Å². The summed E-state index contributed by atoms with van der Waals surface area (Å²) in [5.74, 6) is -0.226. The predicted octanol–water partition coefficient (Wildman–Crippen LogP) is 1.49. The summed E-state index contributed by atoms with van der Waals surface area (Å²) in [7, 11) is 1.42. The first-order valence-corrected chi connectivity index (χ1v) is 6.12. The van der Waals surface area contributed by atoms with Crippen LogP contribution in [0.3, 0.4) is 0 Å². The highest BCUT2D eigenvalue weighted by atomic mass is 16.5. The fourth-order valence-corrected chi connectivity index (χ4v) is 1.61. The highest BCUT2D eigenvalue weighted by Crippen LogP contribution is 2.19. The van der Waals surface area contributed by atoms with Gasteiger partial charge in [-0.25, -0.2) is 0 Å². The molecular formula is C12H23NO3. The molecule has 0 saturated heterocycles. The fraction of sp³-hybridized carbons (Fsp3) is 0.917. The Kier molecular flexibility index (Phi) is 5.77. The van der Waals surface area contributed by atoms with Crippen molar-refractivity contribution in [2.45, 2.75) is 57.7 Å². The molecular weight excluding hydrogens is 206 g/mol. The summed E-state index contributed by atoms with van der Waals surface area (Å²) < 4.78 is 10.4. The van der Waals surface area contributed by atoms with Crippen LogP contribution < -0.4 is 5.32 Å². The largest absolute Gasteiger partial charge is 0.468 e. The van der Waals surface area contributed by atoms with Crippen molar-refractivity contribution in [3.8, 4) is 0 Å². The van der Waals surface area contributed by atoms with Gasteiger partial charge in [0.25, 0.3) is 0 Å². The number of rotatable bonds is 8. The molecule has 0 bridgehead atoms. The Hall–Kier alpha value is -0.610. The van der Waals surface area contributed by atoms with Crippen LogP contribution in [0.4, 0.5) is 0 Å². The Morgan fingerprint density at radius 3 is 2.69 bits per heavy atom. The summed E-state index contributed by atoms with van der Waals surface area (Å²) in [6.07, 6.45) is 4.63. The van der Waals surface area contributed by atoms with Gasteiger partial charge in [0.15, 0.2) is 0 Å². The highest BCUT2D eigenvalue weighted by molar-refractivity contribution is 5.75. The van der Waals surface area contributed by atoms with Crippen LogP contribution in [0.2, 0.25) is 0 Å². The van der Waals surface area contributed by atoms with Crippen LogP contribution in [0, 0.1) is 0 Å². The molecule has 1 N–H and O–H groups in total. The second kappa shape index (κ2) is 6.86. The molecule has 16 heavy (non-hydrogen) atoms. The van der Waals surface area contributed by atoms with E-state index in [1.165, 1.54) is 7.11 Å². The molecule has 2 unspecified atom stereocenters. The van der Waals surface area contributed by atoms with Gasteiger partial charge in [-0.2, -0.15) is 0 Å². The van der Waals surface area contributed by atoms with Crippen molar-refractivity contribution in [3.05, 3.63) is 0 Å². The van der Waals surface area contributed by atoms with E-state index in [-0.39, 0.29) is 18.1 Å². The molecule has 0 aromatic carbocycles. The Balaban J connectivity index is 2.27. The van der Waals surface area contributed by atoms with Gasteiger partial charge in [0.2, 0.25) is 0 Å². The van der Waals surface area contributed by atoms with E-state index in [9.17, 15) is 4.79 Å². The maximum Gasteiger partial charge on any atom is 0.325 e. The van der Waals surface area contributed by atoms with Crippen LogP contribution in [0.5, 0.6) is 0 Å². The molecule has 0 aromatic heterocycles. The summed E-state index contributed by atoms with van der Waals surface area (Å²) in [5.41, 5.74) is 0. The second-order valence-corrected chi connectivity index (χ2v) is 4.45. The maximum atomic E-state index is 11.5. The minimum Gasteiger partial charge on any atom is -0.468 e. The Morgan fingerprint density at radius 2 is 2.19 bits per heavy atom. The zero-order valence-electron chi connectivity index (χ0n) is 10.5. The van der Waals surface area contributed by atoms with Crippen LogP contribution in [-0.2, 0) is 14.3 Å². The molecule has 1 fully saturated rings. The van der Waals surface area contributed by atoms with Gasteiger partial charge in [0.05, 0.1) is 19.8 Å². The molecule has 0 aromatic rings. The first-order valence-electron chi connectivity index (χ1n) is 6.12. The van der Waals surface area contributed by atoms with Gasteiger partial charge in [-0.05, 0) is 26.2 Å². The lowest BCUT2D eigenvalue weighted by molar-refractivity contribution is -0.145. The van der Waals surface area contributed by atoms with Gasteiger partial charge in [0, 0.05) is 6.04 Å². The van der Waals surface area contributed by atoms with Crippen LogP contribution in [0.1, 0.15) is 39.5 Å². The van der Waals surface area contributed by atoms with Gasteiger partial charge in [-0.15, -0.1) is 0 Å². The third-order valence-electron chi connectivity index (χ3n) is 2.74. The topological polar surface area (TPSA) is 47.6 Å². The van der Waals surface area contributed by atoms with Crippen LogP contribution in [-0.4, -0.2) is 37.9 Å². The number of ether oxygens (including phenoxy) is 2. The second-order valence-electron chi connectivity index (χ2n) is 4.45. The third kappa shape index (κ3) is 4.94. The van der Waals surface area contributed by atoms with Crippen molar-refractivity contribution in [1.29, 1.82) is 0 Å². The molecule has 1 rings (SSSR count). The number of nitrogens with one attached hydrogen (secondary N) is 1. The summed E-state index contributed by atoms with van der Waals surface area (Å²) >= 11 is 0. The monoisotopic (exact) mass is 229 g/mol. The Bertz CT molecular complexity index is 216. The highest BCUT2D eigenvalue weighted by Gasteiger charge is 2.29. The maximum absolute atomic E-state index is 11.5. The lowest BCUT2D eigenvalue weighted by atomic mass is 10.2. The quantitative estimate of drug-likeness (QED) is 0.641. The minimum atomic E-state index is -0.309. The molecule has 0 heterocycles. The molecule has 0 aliphatic heterocycles. The first kappa shape index (κ1) is 13.5. The van der Waals surface area contributed by atoms with Crippen molar-refractivity contribution in [3.63, 3.8) is 0 Å². The van der Waals surface area contributed by atoms with E-state index in [0.29, 0.717) is 12.6 Å². The van der Waals surface area contributed by atoms with Crippen LogP contribution >= 0.6 is 0 Å². The lowest BCUT2D eigenvalue weighted by Crippen LogP contribution is -2.43. The van der Waals surface area contributed by atoms with E-state index in [4.69, 9.17) is 9.47 Å². The smallest absolute Gasteiger partial charge is 0.325 e. The molecule has 0 spiro atoms. The van der Waals surface area contributed by atoms with Crippen LogP contribution in [0.15, 0.2) is 0 Å². The number of methoxy groups -OCH3 is 1. The van der Waals surface area contributed by atoms with Crippen molar-refractivity contribution in [2.75, 3.05) is 13.7 Å². The van der Waals surface area contributed by atoms with Crippen molar-refractivity contribution in [2.24, 2.45) is 0 Å². The number of hydrogen-bond donors (Lipinski definition) is 1. The fourth-order valence-electron chi connectivity index (χ4n) is 1.61. The molecule has 2 atom stereocenters. The van der Waals surface area contributed by atoms with Crippen molar-refractivity contribution < 1.29 is 14.3 Å². The average molecular weight is 229 g/mol. The summed E-state index contributed by atoms with van der Waals surface area (Å²) in [4.78, 5) is 11.5. The van der Waals surface area contributed by atoms with Crippen LogP contribution in [0.25, 0.3) is 0 Å². The Morgan fingerprint density at radius 1 is 1.50 bits per heavy atom. The molecule has 94 valence electrons. The van der Waals surface area contributed by atoms with Crippen molar-refractivity contribution in [1.82, 2.24) is 5.32 Å². The van der Waals surface area contributed by atoms with E-state index in [2.05, 4.69) is 12.2 Å². The summed E-state index contributed by atoms with van der Waals surface area (Å²) in [6.45, 7) is 4.57. The standard InChI is InChI=1S/C12H23NO3/c1-4-5-9(2)16-8-11(12(14)15-3)13-10-6-7-10/h9-11,13H,4-8H2,1-3H3. The molecule has 1 aliphatic rings. The summed E-state index contributed by atoms with van der Waals surface area (Å²) in [6, 6.07) is 0.172. The number of carbonyl (C=O) groups excluding carboxylic acids is 1. The number of hydrogen-bond acceptors (Lipinski definition) is 4.